The van der Waals surface area contributed by atoms with E-state index in [-0.39, 0.29) is 11.8 Å². The van der Waals surface area contributed by atoms with Gasteiger partial charge in [0.15, 0.2) is 5.82 Å². The van der Waals surface area contributed by atoms with Crippen molar-refractivity contribution in [3.8, 4) is 0 Å². The first-order valence-corrected chi connectivity index (χ1v) is 7.53. The quantitative estimate of drug-likeness (QED) is 0.798. The van der Waals surface area contributed by atoms with Gasteiger partial charge in [0.25, 0.3) is 0 Å². The predicted octanol–water partition coefficient (Wildman–Crippen LogP) is 1.87. The lowest BCUT2D eigenvalue weighted by Gasteiger charge is -1.96. The summed E-state index contributed by atoms with van der Waals surface area (Å²) in [7, 11) is 0. The molecule has 1 N–H and O–H groups in total. The zero-order chi connectivity index (χ0) is 14.2. The fourth-order valence-corrected chi connectivity index (χ4v) is 3.38. The fourth-order valence-electron chi connectivity index (χ4n) is 2.42. The molecule has 7 heteroatoms. The van der Waals surface area contributed by atoms with Crippen molar-refractivity contribution in [2.24, 2.45) is 0 Å². The summed E-state index contributed by atoms with van der Waals surface area (Å²) in [4.78, 5) is 20.2. The molecular weight excluding hydrogens is 288 g/mol. The molecule has 1 amide bonds. The van der Waals surface area contributed by atoms with E-state index in [1.807, 2.05) is 24.3 Å². The second-order valence-electron chi connectivity index (χ2n) is 5.01. The molecule has 3 heterocycles. The van der Waals surface area contributed by atoms with Crippen molar-refractivity contribution >= 4 is 27.5 Å². The minimum atomic E-state index is -0.00545. The highest BCUT2D eigenvalue weighted by molar-refractivity contribution is 7.18. The van der Waals surface area contributed by atoms with Gasteiger partial charge in [0.05, 0.1) is 22.6 Å². The first-order valence-electron chi connectivity index (χ1n) is 6.71. The normalized spacial score (nSPS) is 18.3. The average molecular weight is 300 g/mol. The summed E-state index contributed by atoms with van der Waals surface area (Å²) in [6.45, 7) is 0.571. The van der Waals surface area contributed by atoms with Crippen LogP contribution in [0.2, 0.25) is 0 Å². The summed E-state index contributed by atoms with van der Waals surface area (Å²) in [5.41, 5.74) is 0.992. The third-order valence-corrected chi connectivity index (χ3v) is 4.49. The summed E-state index contributed by atoms with van der Waals surface area (Å²) in [5, 5.41) is 7.72. The molecule has 106 valence electrons. The summed E-state index contributed by atoms with van der Waals surface area (Å²) >= 11 is 1.63. The monoisotopic (exact) mass is 300 g/mol. The van der Waals surface area contributed by atoms with E-state index in [0.717, 1.165) is 15.2 Å². The van der Waals surface area contributed by atoms with Crippen molar-refractivity contribution in [1.29, 1.82) is 0 Å². The number of amides is 1. The van der Waals surface area contributed by atoms with Gasteiger partial charge in [-0.25, -0.2) is 4.98 Å². The number of hydrogen-bond acceptors (Lipinski definition) is 6. The van der Waals surface area contributed by atoms with Crippen molar-refractivity contribution < 1.29 is 9.32 Å². The summed E-state index contributed by atoms with van der Waals surface area (Å²) < 4.78 is 6.42. The standard InChI is InChI=1S/C14H12N4O2S/c19-12-5-8(7-15-12)14-17-11(18-20-14)6-13-16-9-3-1-2-4-10(9)21-13/h1-4,8H,5-7H2,(H,15,19)/t8-/m0/s1. The number of aromatic nitrogens is 3. The van der Waals surface area contributed by atoms with Gasteiger partial charge in [0, 0.05) is 13.0 Å². The Hall–Kier alpha value is -2.28. The number of para-hydroxylation sites is 1. The molecule has 6 nitrogen and oxygen atoms in total. The summed E-state index contributed by atoms with van der Waals surface area (Å²) in [6, 6.07) is 8.02. The highest BCUT2D eigenvalue weighted by Gasteiger charge is 2.28. The molecule has 1 fully saturated rings. The van der Waals surface area contributed by atoms with Crippen LogP contribution in [0.1, 0.15) is 29.1 Å². The van der Waals surface area contributed by atoms with Crippen LogP contribution in [0, 0.1) is 0 Å². The number of fused-ring (bicyclic) bond motifs is 1. The molecular formula is C14H12N4O2S. The Morgan fingerprint density at radius 2 is 2.24 bits per heavy atom. The number of rotatable bonds is 3. The van der Waals surface area contributed by atoms with Gasteiger partial charge in [0.2, 0.25) is 11.8 Å². The number of carbonyl (C=O) groups excluding carboxylic acids is 1. The van der Waals surface area contributed by atoms with Crippen LogP contribution in [0.25, 0.3) is 10.2 Å². The minimum Gasteiger partial charge on any atom is -0.355 e. The molecule has 2 aromatic heterocycles. The zero-order valence-corrected chi connectivity index (χ0v) is 11.9. The van der Waals surface area contributed by atoms with Gasteiger partial charge in [-0.1, -0.05) is 17.3 Å². The number of hydrogen-bond donors (Lipinski definition) is 1. The van der Waals surface area contributed by atoms with Crippen molar-refractivity contribution in [2.45, 2.75) is 18.8 Å². The minimum absolute atomic E-state index is 0.00545. The smallest absolute Gasteiger partial charge is 0.232 e. The molecule has 21 heavy (non-hydrogen) atoms. The molecule has 1 aliphatic heterocycles. The molecule has 1 atom stereocenters. The van der Waals surface area contributed by atoms with Gasteiger partial charge >= 0.3 is 0 Å². The molecule has 1 aliphatic rings. The molecule has 0 unspecified atom stereocenters. The molecule has 3 aromatic rings. The van der Waals surface area contributed by atoms with Crippen LogP contribution in [0.15, 0.2) is 28.8 Å². The molecule has 0 aliphatic carbocycles. The van der Waals surface area contributed by atoms with Crippen LogP contribution < -0.4 is 5.32 Å². The number of nitrogens with zero attached hydrogens (tertiary/aromatic N) is 3. The van der Waals surface area contributed by atoms with Crippen LogP contribution in [-0.2, 0) is 11.2 Å². The maximum Gasteiger partial charge on any atom is 0.232 e. The Bertz CT molecular complexity index is 777. The second-order valence-corrected chi connectivity index (χ2v) is 6.12. The SMILES string of the molecule is O=C1C[C@H](c2nc(Cc3nc4ccccc4s3)no2)CN1. The van der Waals surface area contributed by atoms with E-state index in [1.54, 1.807) is 11.3 Å². The number of thiazole rings is 1. The van der Waals surface area contributed by atoms with Gasteiger partial charge in [-0.05, 0) is 12.1 Å². The lowest BCUT2D eigenvalue weighted by Crippen LogP contribution is -2.13. The lowest BCUT2D eigenvalue weighted by molar-refractivity contribution is -0.119. The van der Waals surface area contributed by atoms with Crippen LogP contribution in [0.4, 0.5) is 0 Å². The van der Waals surface area contributed by atoms with E-state index < -0.39 is 0 Å². The van der Waals surface area contributed by atoms with Crippen LogP contribution >= 0.6 is 11.3 Å². The van der Waals surface area contributed by atoms with E-state index in [0.29, 0.717) is 31.1 Å². The van der Waals surface area contributed by atoms with Crippen LogP contribution in [-0.4, -0.2) is 27.6 Å². The molecule has 1 saturated heterocycles. The third-order valence-electron chi connectivity index (χ3n) is 3.46. The highest BCUT2D eigenvalue weighted by Crippen LogP contribution is 2.25. The molecule has 1 aromatic carbocycles. The number of carbonyl (C=O) groups is 1. The molecule has 4 rings (SSSR count). The van der Waals surface area contributed by atoms with Crippen molar-refractivity contribution in [3.05, 3.63) is 41.0 Å². The summed E-state index contributed by atoms with van der Waals surface area (Å²) in [6.07, 6.45) is 0.972. The van der Waals surface area contributed by atoms with Gasteiger partial charge in [-0.3, -0.25) is 4.79 Å². The zero-order valence-electron chi connectivity index (χ0n) is 11.1. The van der Waals surface area contributed by atoms with Crippen LogP contribution in [0.3, 0.4) is 0 Å². The van der Waals surface area contributed by atoms with Gasteiger partial charge < -0.3 is 9.84 Å². The number of benzene rings is 1. The van der Waals surface area contributed by atoms with Crippen molar-refractivity contribution in [3.63, 3.8) is 0 Å². The third kappa shape index (κ3) is 2.40. The highest BCUT2D eigenvalue weighted by atomic mass is 32.1. The Balaban J connectivity index is 1.54. The Morgan fingerprint density at radius 3 is 3.05 bits per heavy atom. The fraction of sp³-hybridized carbons (Fsp3) is 0.286. The lowest BCUT2D eigenvalue weighted by atomic mass is 10.1. The largest absolute Gasteiger partial charge is 0.355 e. The van der Waals surface area contributed by atoms with Gasteiger partial charge in [0.1, 0.15) is 5.01 Å². The Labute approximate surface area is 124 Å². The molecule has 0 spiro atoms. The van der Waals surface area contributed by atoms with E-state index in [4.69, 9.17) is 4.52 Å². The number of nitrogens with one attached hydrogen (secondary N) is 1. The maximum absolute atomic E-state index is 11.2. The molecule has 0 radical (unpaired) electrons. The maximum atomic E-state index is 11.2. The van der Waals surface area contributed by atoms with Crippen LogP contribution in [0.5, 0.6) is 0 Å². The second kappa shape index (κ2) is 4.92. The van der Waals surface area contributed by atoms with E-state index in [2.05, 4.69) is 20.4 Å². The summed E-state index contributed by atoms with van der Waals surface area (Å²) in [5.74, 6) is 1.17. The first kappa shape index (κ1) is 12.5. The predicted molar refractivity (Wildman–Crippen MR) is 77.1 cm³/mol. The van der Waals surface area contributed by atoms with Crippen molar-refractivity contribution in [2.75, 3.05) is 6.54 Å². The van der Waals surface area contributed by atoms with Gasteiger partial charge in [-0.2, -0.15) is 4.98 Å². The first-order chi connectivity index (χ1) is 10.3. The van der Waals surface area contributed by atoms with Gasteiger partial charge in [-0.15, -0.1) is 11.3 Å². The molecule has 0 saturated carbocycles. The van der Waals surface area contributed by atoms with E-state index >= 15 is 0 Å². The average Bonchev–Trinajstić information content (AvgIpc) is 3.17. The Kier molecular flexibility index (Phi) is 2.92. The molecule has 0 bridgehead atoms. The topological polar surface area (TPSA) is 80.9 Å². The Morgan fingerprint density at radius 1 is 1.33 bits per heavy atom. The van der Waals surface area contributed by atoms with Crippen molar-refractivity contribution in [1.82, 2.24) is 20.4 Å². The van der Waals surface area contributed by atoms with E-state index in [9.17, 15) is 4.79 Å². The van der Waals surface area contributed by atoms with E-state index in [1.165, 1.54) is 0 Å².